The standard InChI is InChI=1S/C7H13NO2S/c1-2-3-6-8-5(4-11-6)7(9)10/h5-6,8H,2-4H2,1H3,(H,9,10)/t5?,6-/m1/s1. The van der Waals surface area contributed by atoms with Crippen LogP contribution in [0.5, 0.6) is 0 Å². The third-order valence-corrected chi connectivity index (χ3v) is 3.00. The number of nitrogens with one attached hydrogen (secondary N) is 1. The predicted octanol–water partition coefficient (Wildman–Crippen LogP) is 0.902. The van der Waals surface area contributed by atoms with Crippen LogP contribution in [0, 0.1) is 0 Å². The molecule has 64 valence electrons. The molecule has 11 heavy (non-hydrogen) atoms. The van der Waals surface area contributed by atoms with Gasteiger partial charge in [-0.1, -0.05) is 13.3 Å². The quantitative estimate of drug-likeness (QED) is 0.669. The number of carbonyl (C=O) groups is 1. The van der Waals surface area contributed by atoms with E-state index >= 15 is 0 Å². The number of rotatable bonds is 3. The molecule has 1 aliphatic rings. The Kier molecular flexibility index (Phi) is 3.20. The predicted molar refractivity (Wildman–Crippen MR) is 45.7 cm³/mol. The summed E-state index contributed by atoms with van der Waals surface area (Å²) in [5.41, 5.74) is 0. The van der Waals surface area contributed by atoms with Gasteiger partial charge in [0.2, 0.25) is 0 Å². The minimum absolute atomic E-state index is 0.323. The van der Waals surface area contributed by atoms with Gasteiger partial charge >= 0.3 is 5.97 Å². The zero-order valence-electron chi connectivity index (χ0n) is 6.54. The Morgan fingerprint density at radius 3 is 3.00 bits per heavy atom. The first-order chi connectivity index (χ1) is 5.24. The van der Waals surface area contributed by atoms with Gasteiger partial charge in [-0.25, -0.2) is 0 Å². The molecule has 0 aromatic heterocycles. The highest BCUT2D eigenvalue weighted by molar-refractivity contribution is 8.00. The molecule has 0 spiro atoms. The fourth-order valence-electron chi connectivity index (χ4n) is 1.10. The van der Waals surface area contributed by atoms with Crippen molar-refractivity contribution in [2.45, 2.75) is 31.2 Å². The highest BCUT2D eigenvalue weighted by atomic mass is 32.2. The molecule has 0 amide bonds. The van der Waals surface area contributed by atoms with E-state index in [0.717, 1.165) is 12.8 Å². The maximum Gasteiger partial charge on any atom is 0.321 e. The number of hydrogen-bond acceptors (Lipinski definition) is 3. The van der Waals surface area contributed by atoms with Crippen LogP contribution in [0.25, 0.3) is 0 Å². The molecular formula is C7H13NO2S. The SMILES string of the molecule is CCC[C@@H]1NC(C(=O)O)CS1. The molecule has 3 nitrogen and oxygen atoms in total. The first kappa shape index (κ1) is 8.87. The Hall–Kier alpha value is -0.220. The van der Waals surface area contributed by atoms with Crippen LogP contribution in [0.15, 0.2) is 0 Å². The van der Waals surface area contributed by atoms with Crippen molar-refractivity contribution >= 4 is 17.7 Å². The molecule has 1 unspecified atom stereocenters. The third kappa shape index (κ3) is 2.38. The van der Waals surface area contributed by atoms with E-state index in [4.69, 9.17) is 5.11 Å². The fourth-order valence-corrected chi connectivity index (χ4v) is 2.43. The van der Waals surface area contributed by atoms with E-state index in [1.807, 2.05) is 0 Å². The smallest absolute Gasteiger partial charge is 0.321 e. The van der Waals surface area contributed by atoms with Crippen molar-refractivity contribution in [1.82, 2.24) is 5.32 Å². The van der Waals surface area contributed by atoms with E-state index in [9.17, 15) is 4.79 Å². The van der Waals surface area contributed by atoms with E-state index in [-0.39, 0.29) is 6.04 Å². The molecule has 0 aromatic carbocycles. The van der Waals surface area contributed by atoms with Crippen molar-refractivity contribution < 1.29 is 9.90 Å². The summed E-state index contributed by atoms with van der Waals surface area (Å²) in [5, 5.41) is 12.0. The highest BCUT2D eigenvalue weighted by Gasteiger charge is 2.28. The van der Waals surface area contributed by atoms with Gasteiger partial charge in [-0.2, -0.15) is 0 Å². The second-order valence-corrected chi connectivity index (χ2v) is 3.90. The highest BCUT2D eigenvalue weighted by Crippen LogP contribution is 2.22. The molecule has 0 saturated carbocycles. The molecule has 4 heteroatoms. The Morgan fingerprint density at radius 2 is 2.55 bits per heavy atom. The average molecular weight is 175 g/mol. The van der Waals surface area contributed by atoms with Gasteiger partial charge in [-0.05, 0) is 6.42 Å². The maximum absolute atomic E-state index is 10.5. The lowest BCUT2D eigenvalue weighted by molar-refractivity contribution is -0.138. The lowest BCUT2D eigenvalue weighted by atomic mass is 10.3. The largest absolute Gasteiger partial charge is 0.480 e. The van der Waals surface area contributed by atoms with Crippen LogP contribution >= 0.6 is 11.8 Å². The fraction of sp³-hybridized carbons (Fsp3) is 0.857. The molecule has 0 aromatic rings. The van der Waals surface area contributed by atoms with Crippen LogP contribution in [0.3, 0.4) is 0 Å². The van der Waals surface area contributed by atoms with Gasteiger partial charge in [-0.15, -0.1) is 11.8 Å². The molecule has 1 rings (SSSR count). The van der Waals surface area contributed by atoms with Gasteiger partial charge in [0, 0.05) is 5.75 Å². The molecule has 0 bridgehead atoms. The molecule has 2 atom stereocenters. The van der Waals surface area contributed by atoms with Gasteiger partial charge in [0.15, 0.2) is 0 Å². The van der Waals surface area contributed by atoms with Crippen LogP contribution in [0.1, 0.15) is 19.8 Å². The minimum Gasteiger partial charge on any atom is -0.480 e. The first-order valence-electron chi connectivity index (χ1n) is 3.84. The summed E-state index contributed by atoms with van der Waals surface area (Å²) < 4.78 is 0. The van der Waals surface area contributed by atoms with Crippen molar-refractivity contribution in [3.05, 3.63) is 0 Å². The van der Waals surface area contributed by atoms with Crippen LogP contribution in [0.2, 0.25) is 0 Å². The Balaban J connectivity index is 2.29. The molecular weight excluding hydrogens is 162 g/mol. The van der Waals surface area contributed by atoms with Crippen LogP contribution in [0.4, 0.5) is 0 Å². The summed E-state index contributed by atoms with van der Waals surface area (Å²) in [6.07, 6.45) is 2.17. The first-order valence-corrected chi connectivity index (χ1v) is 4.89. The molecule has 1 heterocycles. The molecule has 1 aliphatic heterocycles. The van der Waals surface area contributed by atoms with Gasteiger partial charge in [-0.3, -0.25) is 10.1 Å². The summed E-state index contributed by atoms with van der Waals surface area (Å²) in [5.74, 6) is -0.0175. The topological polar surface area (TPSA) is 49.3 Å². The van der Waals surface area contributed by atoms with E-state index in [1.165, 1.54) is 0 Å². The van der Waals surface area contributed by atoms with Gasteiger partial charge in [0.05, 0.1) is 5.37 Å². The Labute approximate surface area is 70.6 Å². The lowest BCUT2D eigenvalue weighted by Gasteiger charge is -2.07. The summed E-state index contributed by atoms with van der Waals surface area (Å²) in [4.78, 5) is 10.5. The lowest BCUT2D eigenvalue weighted by Crippen LogP contribution is -2.36. The van der Waals surface area contributed by atoms with Gasteiger partial charge < -0.3 is 5.11 Å². The Bertz CT molecular complexity index is 151. The van der Waals surface area contributed by atoms with E-state index < -0.39 is 5.97 Å². The van der Waals surface area contributed by atoms with Crippen molar-refractivity contribution in [3.63, 3.8) is 0 Å². The summed E-state index contributed by atoms with van der Waals surface area (Å²) >= 11 is 1.71. The van der Waals surface area contributed by atoms with Crippen molar-refractivity contribution in [2.75, 3.05) is 5.75 Å². The molecule has 1 fully saturated rings. The van der Waals surface area contributed by atoms with Gasteiger partial charge in [0.25, 0.3) is 0 Å². The molecule has 0 radical (unpaired) electrons. The van der Waals surface area contributed by atoms with Crippen molar-refractivity contribution in [1.29, 1.82) is 0 Å². The molecule has 1 saturated heterocycles. The number of carboxylic acid groups (broad SMARTS) is 1. The number of carboxylic acids is 1. The monoisotopic (exact) mass is 175 g/mol. The minimum atomic E-state index is -0.726. The van der Waals surface area contributed by atoms with E-state index in [1.54, 1.807) is 11.8 Å². The van der Waals surface area contributed by atoms with Crippen LogP contribution in [-0.2, 0) is 4.79 Å². The number of thioether (sulfide) groups is 1. The van der Waals surface area contributed by atoms with E-state index in [2.05, 4.69) is 12.2 Å². The molecule has 0 aliphatic carbocycles. The second-order valence-electron chi connectivity index (χ2n) is 2.67. The van der Waals surface area contributed by atoms with Gasteiger partial charge in [0.1, 0.15) is 6.04 Å². The number of aliphatic carboxylic acids is 1. The molecule has 2 N–H and O–H groups in total. The Morgan fingerprint density at radius 1 is 1.82 bits per heavy atom. The zero-order valence-corrected chi connectivity index (χ0v) is 7.36. The summed E-state index contributed by atoms with van der Waals surface area (Å²) in [6.45, 7) is 2.11. The summed E-state index contributed by atoms with van der Waals surface area (Å²) in [7, 11) is 0. The van der Waals surface area contributed by atoms with Crippen molar-refractivity contribution in [3.8, 4) is 0 Å². The number of hydrogen-bond donors (Lipinski definition) is 2. The third-order valence-electron chi connectivity index (χ3n) is 1.70. The van der Waals surface area contributed by atoms with Crippen LogP contribution in [-0.4, -0.2) is 28.2 Å². The summed E-state index contributed by atoms with van der Waals surface area (Å²) in [6, 6.07) is -0.323. The van der Waals surface area contributed by atoms with E-state index in [0.29, 0.717) is 11.1 Å². The zero-order chi connectivity index (χ0) is 8.27. The normalized spacial score (nSPS) is 30.6. The average Bonchev–Trinajstić information content (AvgIpc) is 2.37. The second kappa shape index (κ2) is 3.97. The van der Waals surface area contributed by atoms with Crippen LogP contribution < -0.4 is 5.32 Å². The maximum atomic E-state index is 10.5. The van der Waals surface area contributed by atoms with Crippen molar-refractivity contribution in [2.24, 2.45) is 0 Å².